The van der Waals surface area contributed by atoms with Crippen LogP contribution in [0.1, 0.15) is 28.4 Å². The molecular weight excluding hydrogens is 360 g/mol. The van der Waals surface area contributed by atoms with Crippen molar-refractivity contribution in [1.29, 1.82) is 0 Å². The van der Waals surface area contributed by atoms with E-state index in [-0.39, 0.29) is 11.7 Å². The highest BCUT2D eigenvalue weighted by atomic mass is 79.9. The quantitative estimate of drug-likeness (QED) is 0.619. The zero-order valence-electron chi connectivity index (χ0n) is 12.8. The summed E-state index contributed by atoms with van der Waals surface area (Å²) in [5.41, 5.74) is 4.86. The molecule has 0 aliphatic heterocycles. The van der Waals surface area contributed by atoms with Gasteiger partial charge in [-0.05, 0) is 57.7 Å². The van der Waals surface area contributed by atoms with E-state index >= 15 is 0 Å². The monoisotopic (exact) mass is 376 g/mol. The number of hydrogen-bond donors (Lipinski definition) is 2. The van der Waals surface area contributed by atoms with Crippen LogP contribution in [0.3, 0.4) is 0 Å². The van der Waals surface area contributed by atoms with E-state index in [4.69, 9.17) is 4.74 Å². The van der Waals surface area contributed by atoms with Crippen molar-refractivity contribution >= 4 is 28.1 Å². The molecule has 120 valence electrons. The van der Waals surface area contributed by atoms with Crippen molar-refractivity contribution in [3.63, 3.8) is 0 Å². The molecular formula is C17H17BrN2O3. The Morgan fingerprint density at radius 1 is 1.35 bits per heavy atom. The van der Waals surface area contributed by atoms with E-state index in [1.165, 1.54) is 18.9 Å². The number of carbonyl (C=O) groups excluding carboxylic acids is 1. The van der Waals surface area contributed by atoms with Crippen molar-refractivity contribution in [2.45, 2.75) is 13.3 Å². The molecule has 0 aliphatic carbocycles. The SMILES string of the molecule is CCc1ccc(C(=O)N/N=C/c2cc(Br)c(O)c(OC)c2)cc1. The van der Waals surface area contributed by atoms with Crippen LogP contribution in [0.4, 0.5) is 0 Å². The van der Waals surface area contributed by atoms with Crippen LogP contribution < -0.4 is 10.2 Å². The second-order valence-corrected chi connectivity index (χ2v) is 5.66. The minimum Gasteiger partial charge on any atom is -0.503 e. The van der Waals surface area contributed by atoms with E-state index in [0.29, 0.717) is 21.3 Å². The van der Waals surface area contributed by atoms with Crippen LogP contribution in [-0.4, -0.2) is 24.3 Å². The number of nitrogens with one attached hydrogen (secondary N) is 1. The van der Waals surface area contributed by atoms with Crippen molar-refractivity contribution < 1.29 is 14.6 Å². The van der Waals surface area contributed by atoms with Crippen LogP contribution in [0.15, 0.2) is 46.0 Å². The van der Waals surface area contributed by atoms with E-state index in [1.807, 2.05) is 12.1 Å². The molecule has 2 aromatic rings. The maximum absolute atomic E-state index is 12.0. The highest BCUT2D eigenvalue weighted by Gasteiger charge is 2.08. The Kier molecular flexibility index (Phi) is 5.76. The van der Waals surface area contributed by atoms with Crippen molar-refractivity contribution in [3.8, 4) is 11.5 Å². The van der Waals surface area contributed by atoms with Gasteiger partial charge in [-0.3, -0.25) is 4.79 Å². The molecule has 23 heavy (non-hydrogen) atoms. The summed E-state index contributed by atoms with van der Waals surface area (Å²) >= 11 is 3.23. The molecule has 0 spiro atoms. The van der Waals surface area contributed by atoms with Gasteiger partial charge in [0.1, 0.15) is 0 Å². The zero-order chi connectivity index (χ0) is 16.8. The molecule has 2 N–H and O–H groups in total. The second-order valence-electron chi connectivity index (χ2n) is 4.80. The Morgan fingerprint density at radius 3 is 2.65 bits per heavy atom. The summed E-state index contributed by atoms with van der Waals surface area (Å²) in [6.45, 7) is 2.06. The number of amides is 1. The number of phenols is 1. The number of hydrogen-bond acceptors (Lipinski definition) is 4. The normalized spacial score (nSPS) is 10.7. The van der Waals surface area contributed by atoms with Crippen molar-refractivity contribution in [2.24, 2.45) is 5.10 Å². The van der Waals surface area contributed by atoms with E-state index in [9.17, 15) is 9.90 Å². The number of nitrogens with zero attached hydrogens (tertiary/aromatic N) is 1. The maximum atomic E-state index is 12.0. The minimum absolute atomic E-state index is 0.0182. The Bertz CT molecular complexity index is 727. The number of benzene rings is 2. The number of rotatable bonds is 5. The van der Waals surface area contributed by atoms with Gasteiger partial charge >= 0.3 is 0 Å². The topological polar surface area (TPSA) is 70.9 Å². The van der Waals surface area contributed by atoms with Crippen molar-refractivity contribution in [3.05, 3.63) is 57.6 Å². The smallest absolute Gasteiger partial charge is 0.271 e. The molecule has 0 bridgehead atoms. The van der Waals surface area contributed by atoms with Gasteiger partial charge in [-0.25, -0.2) is 5.43 Å². The Hall–Kier alpha value is -2.34. The molecule has 0 heterocycles. The van der Waals surface area contributed by atoms with Crippen LogP contribution in [0, 0.1) is 0 Å². The molecule has 6 heteroatoms. The maximum Gasteiger partial charge on any atom is 0.271 e. The lowest BCUT2D eigenvalue weighted by molar-refractivity contribution is 0.0955. The third-order valence-electron chi connectivity index (χ3n) is 3.27. The molecule has 0 aromatic heterocycles. The van der Waals surface area contributed by atoms with E-state index in [1.54, 1.807) is 24.3 Å². The largest absolute Gasteiger partial charge is 0.503 e. The lowest BCUT2D eigenvalue weighted by atomic mass is 10.1. The number of hydrazone groups is 1. The molecule has 0 fully saturated rings. The zero-order valence-corrected chi connectivity index (χ0v) is 14.4. The van der Waals surface area contributed by atoms with Crippen LogP contribution in [0.5, 0.6) is 11.5 Å². The predicted octanol–water partition coefficient (Wildman–Crippen LogP) is 3.49. The fraction of sp³-hybridized carbons (Fsp3) is 0.176. The number of phenolic OH excluding ortho intramolecular Hbond substituents is 1. The Labute approximate surface area is 143 Å². The summed E-state index contributed by atoms with van der Waals surface area (Å²) in [6, 6.07) is 10.7. The molecule has 0 unspecified atom stereocenters. The summed E-state index contributed by atoms with van der Waals surface area (Å²) in [6.07, 6.45) is 2.41. The Morgan fingerprint density at radius 2 is 2.04 bits per heavy atom. The summed E-state index contributed by atoms with van der Waals surface area (Å²) in [4.78, 5) is 12.0. The number of carbonyl (C=O) groups is 1. The number of methoxy groups -OCH3 is 1. The van der Waals surface area contributed by atoms with Crippen LogP contribution in [0.25, 0.3) is 0 Å². The van der Waals surface area contributed by atoms with Crippen molar-refractivity contribution in [1.82, 2.24) is 5.43 Å². The number of aromatic hydroxyl groups is 1. The molecule has 0 radical (unpaired) electrons. The highest BCUT2D eigenvalue weighted by molar-refractivity contribution is 9.10. The van der Waals surface area contributed by atoms with Gasteiger partial charge in [0.05, 0.1) is 17.8 Å². The summed E-state index contributed by atoms with van der Waals surface area (Å²) in [5, 5.41) is 13.7. The third kappa shape index (κ3) is 4.32. The van der Waals surface area contributed by atoms with E-state index in [2.05, 4.69) is 33.4 Å². The molecule has 0 saturated carbocycles. The van der Waals surface area contributed by atoms with Gasteiger partial charge in [0.2, 0.25) is 0 Å². The summed E-state index contributed by atoms with van der Waals surface area (Å²) in [5.74, 6) is 0.0562. The van der Waals surface area contributed by atoms with Gasteiger partial charge in [-0.1, -0.05) is 19.1 Å². The van der Waals surface area contributed by atoms with Crippen LogP contribution in [-0.2, 0) is 6.42 Å². The first-order chi connectivity index (χ1) is 11.0. The van der Waals surface area contributed by atoms with Gasteiger partial charge in [0.15, 0.2) is 11.5 Å². The van der Waals surface area contributed by atoms with Gasteiger partial charge < -0.3 is 9.84 Å². The number of aryl methyl sites for hydroxylation is 1. The average molecular weight is 377 g/mol. The summed E-state index contributed by atoms with van der Waals surface area (Å²) < 4.78 is 5.54. The number of ether oxygens (including phenoxy) is 1. The van der Waals surface area contributed by atoms with Crippen LogP contribution in [0.2, 0.25) is 0 Å². The minimum atomic E-state index is -0.284. The fourth-order valence-corrected chi connectivity index (χ4v) is 2.41. The van der Waals surface area contributed by atoms with E-state index in [0.717, 1.165) is 6.42 Å². The molecule has 5 nitrogen and oxygen atoms in total. The highest BCUT2D eigenvalue weighted by Crippen LogP contribution is 2.34. The van der Waals surface area contributed by atoms with Gasteiger partial charge in [-0.15, -0.1) is 0 Å². The lowest BCUT2D eigenvalue weighted by Crippen LogP contribution is -2.17. The van der Waals surface area contributed by atoms with Gasteiger partial charge in [0.25, 0.3) is 5.91 Å². The van der Waals surface area contributed by atoms with Gasteiger partial charge in [-0.2, -0.15) is 5.10 Å². The third-order valence-corrected chi connectivity index (χ3v) is 3.88. The molecule has 2 rings (SSSR count). The second kappa shape index (κ2) is 7.78. The van der Waals surface area contributed by atoms with Gasteiger partial charge in [0, 0.05) is 5.56 Å². The fourth-order valence-electron chi connectivity index (χ4n) is 1.95. The summed E-state index contributed by atoms with van der Waals surface area (Å²) in [7, 11) is 1.46. The standard InChI is InChI=1S/C17H17BrN2O3/c1-3-11-4-6-13(7-5-11)17(22)20-19-10-12-8-14(18)16(21)15(9-12)23-2/h4-10,21H,3H2,1-2H3,(H,20,22)/b19-10+. The molecule has 0 aliphatic rings. The molecule has 0 saturated heterocycles. The predicted molar refractivity (Wildman–Crippen MR) is 93.2 cm³/mol. The first-order valence-electron chi connectivity index (χ1n) is 7.04. The average Bonchev–Trinajstić information content (AvgIpc) is 2.57. The lowest BCUT2D eigenvalue weighted by Gasteiger charge is -2.06. The first kappa shape index (κ1) is 17.0. The Balaban J connectivity index is 2.06. The molecule has 0 atom stereocenters. The van der Waals surface area contributed by atoms with E-state index < -0.39 is 0 Å². The van der Waals surface area contributed by atoms with Crippen LogP contribution >= 0.6 is 15.9 Å². The molecule has 1 amide bonds. The molecule has 2 aromatic carbocycles. The van der Waals surface area contributed by atoms with Crippen molar-refractivity contribution in [2.75, 3.05) is 7.11 Å². The first-order valence-corrected chi connectivity index (χ1v) is 7.83. The number of halogens is 1.